The van der Waals surface area contributed by atoms with Crippen LogP contribution in [0.3, 0.4) is 0 Å². The molecule has 0 saturated carbocycles. The topological polar surface area (TPSA) is 66.4 Å². The van der Waals surface area contributed by atoms with Crippen LogP contribution >= 0.6 is 0 Å². The number of carboxylic acid groups (broad SMARTS) is 1. The van der Waals surface area contributed by atoms with E-state index in [9.17, 15) is 9.59 Å². The van der Waals surface area contributed by atoms with Crippen LogP contribution < -0.4 is 5.32 Å². The van der Waals surface area contributed by atoms with E-state index in [1.165, 1.54) is 0 Å². The maximum absolute atomic E-state index is 11.6. The van der Waals surface area contributed by atoms with Gasteiger partial charge in [-0.3, -0.25) is 9.59 Å². The third kappa shape index (κ3) is 2.80. The molecule has 0 aromatic heterocycles. The minimum atomic E-state index is -1.05. The Balaban J connectivity index is 2.86. The van der Waals surface area contributed by atoms with Gasteiger partial charge in [-0.05, 0) is 25.0 Å². The lowest BCUT2D eigenvalue weighted by atomic mass is 10.0. The second kappa shape index (κ2) is 4.59. The van der Waals surface area contributed by atoms with Crippen molar-refractivity contribution in [3.8, 4) is 0 Å². The van der Waals surface area contributed by atoms with E-state index in [-0.39, 0.29) is 12.5 Å². The predicted octanol–water partition coefficient (Wildman–Crippen LogP) is 1.12. The van der Waals surface area contributed by atoms with Gasteiger partial charge < -0.3 is 10.4 Å². The zero-order valence-electron chi connectivity index (χ0n) is 8.70. The lowest BCUT2D eigenvalue weighted by molar-refractivity contribution is -0.135. The van der Waals surface area contributed by atoms with Crippen molar-refractivity contribution in [2.24, 2.45) is 0 Å². The molecule has 0 bridgehead atoms. The van der Waals surface area contributed by atoms with Crippen molar-refractivity contribution >= 4 is 11.9 Å². The van der Waals surface area contributed by atoms with Gasteiger partial charge in [0.25, 0.3) is 5.91 Å². The maximum atomic E-state index is 11.6. The largest absolute Gasteiger partial charge is 0.480 e. The molecule has 4 nitrogen and oxygen atoms in total. The highest BCUT2D eigenvalue weighted by atomic mass is 16.4. The molecular weight excluding hydrogens is 194 g/mol. The Morgan fingerprint density at radius 3 is 2.27 bits per heavy atom. The zero-order valence-corrected chi connectivity index (χ0v) is 8.70. The molecule has 80 valence electrons. The van der Waals surface area contributed by atoms with E-state index in [4.69, 9.17) is 5.11 Å². The first-order valence-corrected chi connectivity index (χ1v) is 4.58. The van der Waals surface area contributed by atoms with Crippen LogP contribution in [-0.2, 0) is 4.79 Å². The SMILES string of the molecule is Cc1cccc(C)c1C(=O)NCC(=O)O. The summed E-state index contributed by atoms with van der Waals surface area (Å²) < 4.78 is 0. The second-order valence-electron chi connectivity index (χ2n) is 3.34. The fraction of sp³-hybridized carbons (Fsp3) is 0.273. The normalized spacial score (nSPS) is 9.73. The molecule has 0 unspecified atom stereocenters. The van der Waals surface area contributed by atoms with Gasteiger partial charge in [0.2, 0.25) is 0 Å². The first kappa shape index (κ1) is 11.2. The van der Waals surface area contributed by atoms with Crippen molar-refractivity contribution in [3.05, 3.63) is 34.9 Å². The van der Waals surface area contributed by atoms with Crippen molar-refractivity contribution < 1.29 is 14.7 Å². The summed E-state index contributed by atoms with van der Waals surface area (Å²) in [5.74, 6) is -1.39. The van der Waals surface area contributed by atoms with E-state index < -0.39 is 5.97 Å². The number of carbonyl (C=O) groups excluding carboxylic acids is 1. The summed E-state index contributed by atoms with van der Waals surface area (Å²) >= 11 is 0. The van der Waals surface area contributed by atoms with Crippen molar-refractivity contribution in [1.29, 1.82) is 0 Å². The third-order valence-corrected chi connectivity index (χ3v) is 2.11. The molecule has 2 N–H and O–H groups in total. The van der Waals surface area contributed by atoms with Crippen LogP contribution in [0.5, 0.6) is 0 Å². The molecule has 0 saturated heterocycles. The number of hydrogen-bond donors (Lipinski definition) is 2. The fourth-order valence-electron chi connectivity index (χ4n) is 1.42. The Morgan fingerprint density at radius 1 is 1.27 bits per heavy atom. The number of amides is 1. The molecule has 0 radical (unpaired) electrons. The molecule has 0 aliphatic heterocycles. The highest BCUT2D eigenvalue weighted by Gasteiger charge is 2.11. The van der Waals surface area contributed by atoms with E-state index in [0.29, 0.717) is 5.56 Å². The number of rotatable bonds is 3. The average Bonchev–Trinajstić information content (AvgIpc) is 2.14. The summed E-state index contributed by atoms with van der Waals surface area (Å²) in [5.41, 5.74) is 2.24. The quantitative estimate of drug-likeness (QED) is 0.780. The fourth-order valence-corrected chi connectivity index (χ4v) is 1.42. The summed E-state index contributed by atoms with van der Waals surface area (Å²) in [5, 5.41) is 10.8. The second-order valence-corrected chi connectivity index (χ2v) is 3.34. The van der Waals surface area contributed by atoms with E-state index in [1.54, 1.807) is 0 Å². The van der Waals surface area contributed by atoms with Crippen LogP contribution in [0.15, 0.2) is 18.2 Å². The van der Waals surface area contributed by atoms with Gasteiger partial charge in [0.15, 0.2) is 0 Å². The average molecular weight is 207 g/mol. The molecule has 1 aromatic carbocycles. The van der Waals surface area contributed by atoms with Gasteiger partial charge in [0, 0.05) is 5.56 Å². The van der Waals surface area contributed by atoms with Crippen molar-refractivity contribution in [2.75, 3.05) is 6.54 Å². The van der Waals surface area contributed by atoms with Crippen LogP contribution in [0.2, 0.25) is 0 Å². The number of carbonyl (C=O) groups is 2. The first-order valence-electron chi connectivity index (χ1n) is 4.58. The summed E-state index contributed by atoms with van der Waals surface area (Å²) in [6, 6.07) is 5.50. The Kier molecular flexibility index (Phi) is 3.44. The minimum Gasteiger partial charge on any atom is -0.480 e. The maximum Gasteiger partial charge on any atom is 0.322 e. The number of hydrogen-bond acceptors (Lipinski definition) is 2. The summed E-state index contributed by atoms with van der Waals surface area (Å²) in [7, 11) is 0. The van der Waals surface area contributed by atoms with Crippen LogP contribution in [-0.4, -0.2) is 23.5 Å². The van der Waals surface area contributed by atoms with Crippen molar-refractivity contribution in [2.45, 2.75) is 13.8 Å². The molecule has 1 amide bonds. The van der Waals surface area contributed by atoms with Crippen LogP contribution in [0.4, 0.5) is 0 Å². The smallest absolute Gasteiger partial charge is 0.322 e. The molecule has 1 aromatic rings. The molecule has 0 heterocycles. The van der Waals surface area contributed by atoms with Gasteiger partial charge in [-0.2, -0.15) is 0 Å². The predicted molar refractivity (Wildman–Crippen MR) is 55.9 cm³/mol. The highest BCUT2D eigenvalue weighted by Crippen LogP contribution is 2.12. The monoisotopic (exact) mass is 207 g/mol. The lowest BCUT2D eigenvalue weighted by Crippen LogP contribution is -2.30. The summed E-state index contributed by atoms with van der Waals surface area (Å²) in [4.78, 5) is 21.9. The number of nitrogens with one attached hydrogen (secondary N) is 1. The van der Waals surface area contributed by atoms with E-state index in [0.717, 1.165) is 11.1 Å². The molecule has 0 atom stereocenters. The van der Waals surface area contributed by atoms with Gasteiger partial charge in [0.05, 0.1) is 0 Å². The molecule has 0 spiro atoms. The minimum absolute atomic E-state index is 0.340. The van der Waals surface area contributed by atoms with Gasteiger partial charge in [-0.1, -0.05) is 18.2 Å². The zero-order chi connectivity index (χ0) is 11.4. The van der Waals surface area contributed by atoms with Crippen molar-refractivity contribution in [3.63, 3.8) is 0 Å². The number of aryl methyl sites for hydroxylation is 2. The Labute approximate surface area is 87.9 Å². The lowest BCUT2D eigenvalue weighted by Gasteiger charge is -2.08. The number of aliphatic carboxylic acids is 1. The summed E-state index contributed by atoms with van der Waals surface area (Å²) in [6.07, 6.45) is 0. The van der Waals surface area contributed by atoms with Crippen LogP contribution in [0, 0.1) is 13.8 Å². The molecule has 0 fully saturated rings. The van der Waals surface area contributed by atoms with E-state index >= 15 is 0 Å². The molecule has 4 heteroatoms. The molecule has 0 aliphatic rings. The molecule has 15 heavy (non-hydrogen) atoms. The van der Waals surface area contributed by atoms with Crippen molar-refractivity contribution in [1.82, 2.24) is 5.32 Å². The van der Waals surface area contributed by atoms with Crippen LogP contribution in [0.25, 0.3) is 0 Å². The Bertz CT molecular complexity index is 379. The van der Waals surface area contributed by atoms with Gasteiger partial charge in [-0.25, -0.2) is 0 Å². The van der Waals surface area contributed by atoms with Gasteiger partial charge in [0.1, 0.15) is 6.54 Å². The van der Waals surface area contributed by atoms with Gasteiger partial charge in [-0.15, -0.1) is 0 Å². The van der Waals surface area contributed by atoms with E-state index in [1.807, 2.05) is 32.0 Å². The highest BCUT2D eigenvalue weighted by molar-refractivity contribution is 5.98. The Hall–Kier alpha value is -1.84. The molecule has 1 rings (SSSR count). The first-order chi connectivity index (χ1) is 7.02. The summed E-state index contributed by atoms with van der Waals surface area (Å²) in [6.45, 7) is 3.29. The Morgan fingerprint density at radius 2 is 1.80 bits per heavy atom. The molecular formula is C11H13NO3. The number of benzene rings is 1. The van der Waals surface area contributed by atoms with E-state index in [2.05, 4.69) is 5.32 Å². The van der Waals surface area contributed by atoms with Gasteiger partial charge >= 0.3 is 5.97 Å². The van der Waals surface area contributed by atoms with Crippen LogP contribution in [0.1, 0.15) is 21.5 Å². The molecule has 0 aliphatic carbocycles. The third-order valence-electron chi connectivity index (χ3n) is 2.11. The number of carboxylic acids is 1. The standard InChI is InChI=1S/C11H13NO3/c1-7-4-3-5-8(2)10(7)11(15)12-6-9(13)14/h3-5H,6H2,1-2H3,(H,12,15)(H,13,14).